The van der Waals surface area contributed by atoms with E-state index >= 15 is 0 Å². The van der Waals surface area contributed by atoms with E-state index in [0.717, 1.165) is 24.3 Å². The maximum atomic E-state index is 13.9. The molecule has 0 bridgehead atoms. The van der Waals surface area contributed by atoms with Gasteiger partial charge in [-0.2, -0.15) is 0 Å². The van der Waals surface area contributed by atoms with Gasteiger partial charge in [0, 0.05) is 23.4 Å². The summed E-state index contributed by atoms with van der Waals surface area (Å²) in [4.78, 5) is 12.8. The molecule has 0 unspecified atom stereocenters. The highest BCUT2D eigenvalue weighted by Gasteiger charge is 2.21. The number of benzene rings is 2. The summed E-state index contributed by atoms with van der Waals surface area (Å²) in [5.74, 6) is -1.37. The molecule has 0 saturated heterocycles. The van der Waals surface area contributed by atoms with Crippen LogP contribution in [0.3, 0.4) is 0 Å². The second kappa shape index (κ2) is 9.48. The second-order valence-corrected chi connectivity index (χ2v) is 9.78. The number of halogens is 5. The smallest absolute Gasteiger partial charge is 0.273 e. The SMILES string of the molecule is CCc1cc(OCc2ccc(F)cc2F)c(Br)c(=O)n1-c1c(Cl)cc(S(N)(=O)=O)cc1Cl. The van der Waals surface area contributed by atoms with Gasteiger partial charge in [-0.15, -0.1) is 0 Å². The van der Waals surface area contributed by atoms with Crippen molar-refractivity contribution in [2.75, 3.05) is 0 Å². The zero-order valence-electron chi connectivity index (χ0n) is 16.3. The highest BCUT2D eigenvalue weighted by atomic mass is 79.9. The first kappa shape index (κ1) is 24.7. The topological polar surface area (TPSA) is 91.4 Å². The molecule has 12 heteroatoms. The van der Waals surface area contributed by atoms with E-state index in [9.17, 15) is 22.0 Å². The summed E-state index contributed by atoms with van der Waals surface area (Å²) in [6.45, 7) is 1.52. The van der Waals surface area contributed by atoms with Crippen LogP contribution in [0.5, 0.6) is 5.75 Å². The molecule has 0 spiro atoms. The van der Waals surface area contributed by atoms with E-state index in [1.54, 1.807) is 6.92 Å². The van der Waals surface area contributed by atoms with Gasteiger partial charge in [0.15, 0.2) is 0 Å². The fourth-order valence-corrected chi connectivity index (χ4v) is 4.69. The lowest BCUT2D eigenvalue weighted by Gasteiger charge is -2.18. The van der Waals surface area contributed by atoms with Crippen LogP contribution in [0.15, 0.2) is 50.6 Å². The number of aryl methyl sites for hydroxylation is 1. The highest BCUT2D eigenvalue weighted by molar-refractivity contribution is 9.10. The molecule has 1 heterocycles. The van der Waals surface area contributed by atoms with Gasteiger partial charge in [0.1, 0.15) is 28.5 Å². The number of primary sulfonamides is 1. The third kappa shape index (κ3) is 4.99. The van der Waals surface area contributed by atoms with Crippen LogP contribution in [-0.4, -0.2) is 13.0 Å². The van der Waals surface area contributed by atoms with Gasteiger partial charge in [-0.25, -0.2) is 22.3 Å². The Labute approximate surface area is 200 Å². The van der Waals surface area contributed by atoms with Crippen LogP contribution in [0.25, 0.3) is 5.69 Å². The van der Waals surface area contributed by atoms with Gasteiger partial charge in [-0.05, 0) is 46.6 Å². The van der Waals surface area contributed by atoms with Crippen LogP contribution >= 0.6 is 39.1 Å². The Balaban J connectivity index is 2.09. The molecule has 32 heavy (non-hydrogen) atoms. The van der Waals surface area contributed by atoms with Crippen molar-refractivity contribution in [2.45, 2.75) is 24.8 Å². The Morgan fingerprint density at radius 2 is 1.75 bits per heavy atom. The molecule has 170 valence electrons. The molecule has 0 aliphatic heterocycles. The van der Waals surface area contributed by atoms with Crippen LogP contribution in [0.4, 0.5) is 8.78 Å². The van der Waals surface area contributed by atoms with Crippen molar-refractivity contribution in [3.8, 4) is 11.4 Å². The minimum atomic E-state index is -4.07. The number of nitrogens with zero attached hydrogens (tertiary/aromatic N) is 1. The van der Waals surface area contributed by atoms with Crippen molar-refractivity contribution in [2.24, 2.45) is 5.14 Å². The molecule has 0 atom stereocenters. The first-order valence-corrected chi connectivity index (χ1v) is 12.1. The molecule has 3 rings (SSSR count). The largest absolute Gasteiger partial charge is 0.487 e. The number of ether oxygens (including phenoxy) is 1. The van der Waals surface area contributed by atoms with Gasteiger partial charge < -0.3 is 4.74 Å². The van der Waals surface area contributed by atoms with E-state index in [0.29, 0.717) is 12.1 Å². The van der Waals surface area contributed by atoms with Gasteiger partial charge in [0.2, 0.25) is 10.0 Å². The maximum absolute atomic E-state index is 13.9. The van der Waals surface area contributed by atoms with Crippen LogP contribution in [-0.2, 0) is 23.1 Å². The van der Waals surface area contributed by atoms with E-state index < -0.39 is 27.2 Å². The number of rotatable bonds is 6. The molecule has 0 saturated carbocycles. The first-order valence-electron chi connectivity index (χ1n) is 8.97. The predicted molar refractivity (Wildman–Crippen MR) is 121 cm³/mol. The molecule has 0 fully saturated rings. The lowest BCUT2D eigenvalue weighted by molar-refractivity contribution is 0.296. The Morgan fingerprint density at radius 1 is 1.12 bits per heavy atom. The standard InChI is InChI=1S/C20H15BrCl2F2N2O4S/c1-2-12-6-17(31-9-10-3-4-11(24)5-16(10)25)18(21)20(28)27(12)19-14(22)7-13(8-15(19)23)32(26,29)30/h3-8H,2,9H2,1H3,(H2,26,29,30). The van der Waals surface area contributed by atoms with Crippen molar-refractivity contribution in [3.05, 3.63) is 84.2 Å². The summed E-state index contributed by atoms with van der Waals surface area (Å²) < 4.78 is 57.0. The molecule has 6 nitrogen and oxygen atoms in total. The molecule has 0 amide bonds. The zero-order valence-corrected chi connectivity index (χ0v) is 20.2. The Morgan fingerprint density at radius 3 is 2.28 bits per heavy atom. The average molecular weight is 568 g/mol. The molecule has 3 aromatic rings. The molecule has 0 radical (unpaired) electrons. The molecular weight excluding hydrogens is 553 g/mol. The Hall–Kier alpha value is -1.98. The summed E-state index contributed by atoms with van der Waals surface area (Å²) in [6, 6.07) is 6.80. The van der Waals surface area contributed by atoms with Gasteiger partial charge in [0.25, 0.3) is 5.56 Å². The van der Waals surface area contributed by atoms with Crippen LogP contribution in [0.1, 0.15) is 18.2 Å². The fraction of sp³-hybridized carbons (Fsp3) is 0.150. The summed E-state index contributed by atoms with van der Waals surface area (Å²) in [5, 5.41) is 4.92. The molecule has 2 aromatic carbocycles. The third-order valence-corrected chi connectivity index (χ3v) is 6.69. The molecule has 2 N–H and O–H groups in total. The second-order valence-electron chi connectivity index (χ2n) is 6.61. The first-order chi connectivity index (χ1) is 14.9. The number of hydrogen-bond donors (Lipinski definition) is 1. The zero-order chi connectivity index (χ0) is 23.8. The van der Waals surface area contributed by atoms with Gasteiger partial charge in [0.05, 0.1) is 20.6 Å². The minimum Gasteiger partial charge on any atom is -0.487 e. The molecule has 1 aromatic heterocycles. The van der Waals surface area contributed by atoms with Crippen LogP contribution in [0.2, 0.25) is 10.0 Å². The minimum absolute atomic E-state index is 0.000115. The highest BCUT2D eigenvalue weighted by Crippen LogP contribution is 2.34. The summed E-state index contributed by atoms with van der Waals surface area (Å²) in [5.41, 5.74) is 0.00984. The Bertz CT molecular complexity index is 1360. The van der Waals surface area contributed by atoms with E-state index in [-0.39, 0.29) is 43.0 Å². The van der Waals surface area contributed by atoms with Gasteiger partial charge in [-0.3, -0.25) is 9.36 Å². The molecular formula is C20H15BrCl2F2N2O4S. The number of nitrogens with two attached hydrogens (primary N) is 1. The maximum Gasteiger partial charge on any atom is 0.273 e. The monoisotopic (exact) mass is 566 g/mol. The lowest BCUT2D eigenvalue weighted by atomic mass is 10.2. The molecule has 0 aliphatic rings. The van der Waals surface area contributed by atoms with E-state index in [2.05, 4.69) is 15.9 Å². The van der Waals surface area contributed by atoms with E-state index in [1.165, 1.54) is 16.7 Å². The Kier molecular flexibility index (Phi) is 7.31. The van der Waals surface area contributed by atoms with Crippen molar-refractivity contribution in [1.82, 2.24) is 4.57 Å². The van der Waals surface area contributed by atoms with Gasteiger partial charge >= 0.3 is 0 Å². The van der Waals surface area contributed by atoms with Crippen LogP contribution < -0.4 is 15.4 Å². The normalized spacial score (nSPS) is 11.6. The van der Waals surface area contributed by atoms with Crippen molar-refractivity contribution in [3.63, 3.8) is 0 Å². The number of pyridine rings is 1. The predicted octanol–water partition coefficient (Wildman–Crippen LogP) is 4.97. The van der Waals surface area contributed by atoms with Gasteiger partial charge in [-0.1, -0.05) is 30.1 Å². The quantitative estimate of drug-likeness (QED) is 0.455. The summed E-state index contributed by atoms with van der Waals surface area (Å²) in [6.07, 6.45) is 0.341. The van der Waals surface area contributed by atoms with Crippen molar-refractivity contribution >= 4 is 49.2 Å². The lowest BCUT2D eigenvalue weighted by Crippen LogP contribution is -2.24. The fourth-order valence-electron chi connectivity index (χ4n) is 2.94. The summed E-state index contributed by atoms with van der Waals surface area (Å²) >= 11 is 15.7. The van der Waals surface area contributed by atoms with E-state index in [1.807, 2.05) is 0 Å². The number of aromatic nitrogens is 1. The average Bonchev–Trinajstić information content (AvgIpc) is 2.70. The van der Waals surface area contributed by atoms with E-state index in [4.69, 9.17) is 33.1 Å². The summed E-state index contributed by atoms with van der Waals surface area (Å²) in [7, 11) is -4.07. The number of sulfonamides is 1. The third-order valence-electron chi connectivity index (χ3n) is 4.50. The van der Waals surface area contributed by atoms with Crippen molar-refractivity contribution in [1.29, 1.82) is 0 Å². The number of hydrogen-bond acceptors (Lipinski definition) is 4. The van der Waals surface area contributed by atoms with Crippen LogP contribution in [0, 0.1) is 11.6 Å². The molecule has 0 aliphatic carbocycles. The van der Waals surface area contributed by atoms with Crippen molar-refractivity contribution < 1.29 is 21.9 Å².